The molecule has 26 heavy (non-hydrogen) atoms. The Morgan fingerprint density at radius 3 is 2.50 bits per heavy atom. The zero-order valence-corrected chi connectivity index (χ0v) is 15.1. The van der Waals surface area contributed by atoms with Crippen molar-refractivity contribution in [2.45, 2.75) is 6.61 Å². The van der Waals surface area contributed by atoms with Crippen LogP contribution in [0.5, 0.6) is 17.2 Å². The normalized spacial score (nSPS) is 10.4. The molecule has 0 amide bonds. The predicted molar refractivity (Wildman–Crippen MR) is 97.9 cm³/mol. The Balaban J connectivity index is 1.68. The van der Waals surface area contributed by atoms with Crippen LogP contribution < -0.4 is 9.47 Å². The summed E-state index contributed by atoms with van der Waals surface area (Å²) >= 11 is 1.45. The first-order chi connectivity index (χ1) is 12.6. The smallest absolute Gasteiger partial charge is 0.338 e. The van der Waals surface area contributed by atoms with Crippen molar-refractivity contribution < 1.29 is 24.1 Å². The lowest BCUT2D eigenvalue weighted by Gasteiger charge is -2.08. The molecule has 0 aliphatic heterocycles. The predicted octanol–water partition coefficient (Wildman–Crippen LogP) is 3.89. The van der Waals surface area contributed by atoms with E-state index < -0.39 is 5.97 Å². The third kappa shape index (κ3) is 3.94. The number of rotatable bonds is 6. The first-order valence-corrected chi connectivity index (χ1v) is 8.61. The Morgan fingerprint density at radius 2 is 1.81 bits per heavy atom. The third-order valence-corrected chi connectivity index (χ3v) is 4.58. The van der Waals surface area contributed by atoms with E-state index in [1.165, 1.54) is 35.6 Å². The van der Waals surface area contributed by atoms with E-state index in [1.54, 1.807) is 14.2 Å². The molecule has 3 rings (SSSR count). The fourth-order valence-corrected chi connectivity index (χ4v) is 3.10. The number of carbonyl (C=O) groups excluding carboxylic acids is 1. The van der Waals surface area contributed by atoms with Gasteiger partial charge in [-0.25, -0.2) is 9.78 Å². The topological polar surface area (TPSA) is 77.9 Å². The molecule has 1 aromatic heterocycles. The first kappa shape index (κ1) is 17.8. The maximum atomic E-state index is 12.0. The Hall–Kier alpha value is -3.06. The summed E-state index contributed by atoms with van der Waals surface area (Å²) in [5, 5.41) is 11.9. The molecule has 1 heterocycles. The number of ether oxygens (including phenoxy) is 3. The summed E-state index contributed by atoms with van der Waals surface area (Å²) in [4.78, 5) is 16.5. The molecule has 0 radical (unpaired) electrons. The van der Waals surface area contributed by atoms with Gasteiger partial charge in [-0.05, 0) is 42.5 Å². The Morgan fingerprint density at radius 1 is 1.08 bits per heavy atom. The average molecular weight is 371 g/mol. The second-order valence-corrected chi connectivity index (χ2v) is 6.19. The molecule has 0 fully saturated rings. The Bertz CT molecular complexity index is 905. The number of aromatic nitrogens is 1. The molecule has 0 bridgehead atoms. The van der Waals surface area contributed by atoms with Crippen LogP contribution in [0.4, 0.5) is 0 Å². The summed E-state index contributed by atoms with van der Waals surface area (Å²) in [6.45, 7) is 0.0729. The lowest BCUT2D eigenvalue weighted by atomic mass is 10.2. The molecule has 7 heteroatoms. The Kier molecular flexibility index (Phi) is 5.38. The number of esters is 1. The van der Waals surface area contributed by atoms with Crippen molar-refractivity contribution in [1.82, 2.24) is 4.98 Å². The minimum absolute atomic E-state index is 0.0729. The molecule has 3 aromatic rings. The maximum Gasteiger partial charge on any atom is 0.338 e. The summed E-state index contributed by atoms with van der Waals surface area (Å²) in [5.41, 5.74) is 1.92. The van der Waals surface area contributed by atoms with Gasteiger partial charge >= 0.3 is 5.97 Å². The first-order valence-electron chi connectivity index (χ1n) is 7.73. The largest absolute Gasteiger partial charge is 0.508 e. The number of phenols is 1. The van der Waals surface area contributed by atoms with Crippen molar-refractivity contribution >= 4 is 17.3 Å². The SMILES string of the molecule is COc1ccc(-c2nc(COC(=O)c3ccc(O)cc3)cs2)cc1OC. The number of hydrogen-bond donors (Lipinski definition) is 1. The quantitative estimate of drug-likeness (QED) is 0.663. The molecule has 0 aliphatic carbocycles. The number of hydrogen-bond acceptors (Lipinski definition) is 7. The van der Waals surface area contributed by atoms with Crippen LogP contribution in [0.1, 0.15) is 16.1 Å². The van der Waals surface area contributed by atoms with Crippen molar-refractivity contribution in [3.63, 3.8) is 0 Å². The van der Waals surface area contributed by atoms with E-state index in [2.05, 4.69) is 4.98 Å². The van der Waals surface area contributed by atoms with Gasteiger partial charge in [-0.2, -0.15) is 0 Å². The number of aromatic hydroxyl groups is 1. The molecule has 1 N–H and O–H groups in total. The lowest BCUT2D eigenvalue weighted by Crippen LogP contribution is -2.05. The Labute approximate surface area is 154 Å². The van der Waals surface area contributed by atoms with E-state index in [0.29, 0.717) is 22.8 Å². The van der Waals surface area contributed by atoms with Gasteiger partial charge in [-0.1, -0.05) is 0 Å². The van der Waals surface area contributed by atoms with Crippen LogP contribution in [0.3, 0.4) is 0 Å². The van der Waals surface area contributed by atoms with Crippen molar-refractivity contribution in [2.75, 3.05) is 14.2 Å². The average Bonchev–Trinajstić information content (AvgIpc) is 3.15. The van der Waals surface area contributed by atoms with Crippen molar-refractivity contribution in [1.29, 1.82) is 0 Å². The van der Waals surface area contributed by atoms with Gasteiger partial charge in [0, 0.05) is 10.9 Å². The molecule has 2 aromatic carbocycles. The molecule has 0 saturated carbocycles. The number of carbonyl (C=O) groups is 1. The zero-order valence-electron chi connectivity index (χ0n) is 14.3. The highest BCUT2D eigenvalue weighted by molar-refractivity contribution is 7.13. The van der Waals surface area contributed by atoms with Crippen LogP contribution >= 0.6 is 11.3 Å². The van der Waals surface area contributed by atoms with E-state index in [-0.39, 0.29) is 12.4 Å². The molecule has 0 unspecified atom stereocenters. The van der Waals surface area contributed by atoms with Gasteiger partial charge in [0.2, 0.25) is 0 Å². The van der Waals surface area contributed by atoms with E-state index in [4.69, 9.17) is 14.2 Å². The van der Waals surface area contributed by atoms with E-state index in [0.717, 1.165) is 10.6 Å². The van der Waals surface area contributed by atoms with Gasteiger partial charge in [0.1, 0.15) is 17.4 Å². The number of phenolic OH excluding ortho intramolecular Hbond substituents is 1. The summed E-state index contributed by atoms with van der Waals surface area (Å²) in [5.74, 6) is 0.905. The fraction of sp³-hybridized carbons (Fsp3) is 0.158. The minimum atomic E-state index is -0.467. The monoisotopic (exact) mass is 371 g/mol. The van der Waals surface area contributed by atoms with Crippen LogP contribution in [0.25, 0.3) is 10.6 Å². The van der Waals surface area contributed by atoms with Crippen LogP contribution in [0.15, 0.2) is 47.8 Å². The highest BCUT2D eigenvalue weighted by Crippen LogP contribution is 2.33. The highest BCUT2D eigenvalue weighted by Gasteiger charge is 2.12. The second-order valence-electron chi connectivity index (χ2n) is 5.34. The van der Waals surface area contributed by atoms with Gasteiger partial charge < -0.3 is 19.3 Å². The van der Waals surface area contributed by atoms with Gasteiger partial charge in [0.05, 0.1) is 25.5 Å². The molecular formula is C19H17NO5S. The molecule has 0 saturated heterocycles. The number of thiazole rings is 1. The van der Waals surface area contributed by atoms with Crippen LogP contribution in [0, 0.1) is 0 Å². The van der Waals surface area contributed by atoms with Crippen LogP contribution in [-0.4, -0.2) is 30.3 Å². The molecule has 0 aliphatic rings. The van der Waals surface area contributed by atoms with Gasteiger partial charge in [-0.3, -0.25) is 0 Å². The number of nitrogens with zero attached hydrogens (tertiary/aromatic N) is 1. The summed E-state index contributed by atoms with van der Waals surface area (Å²) < 4.78 is 15.8. The molecular weight excluding hydrogens is 354 g/mol. The summed E-state index contributed by atoms with van der Waals surface area (Å²) in [6.07, 6.45) is 0. The third-order valence-electron chi connectivity index (χ3n) is 3.64. The lowest BCUT2D eigenvalue weighted by molar-refractivity contribution is 0.0468. The van der Waals surface area contributed by atoms with Gasteiger partial charge in [0.15, 0.2) is 11.5 Å². The standard InChI is InChI=1S/C19H17NO5S/c1-23-16-8-5-13(9-17(16)24-2)18-20-14(11-26-18)10-25-19(22)12-3-6-15(21)7-4-12/h3-9,11,21H,10H2,1-2H3. The van der Waals surface area contributed by atoms with Gasteiger partial charge in [-0.15, -0.1) is 11.3 Å². The zero-order chi connectivity index (χ0) is 18.5. The highest BCUT2D eigenvalue weighted by atomic mass is 32.1. The van der Waals surface area contributed by atoms with Crippen LogP contribution in [-0.2, 0) is 11.3 Å². The maximum absolute atomic E-state index is 12.0. The fourth-order valence-electron chi connectivity index (χ4n) is 2.30. The van der Waals surface area contributed by atoms with Crippen LogP contribution in [0.2, 0.25) is 0 Å². The molecule has 134 valence electrons. The summed E-state index contributed by atoms with van der Waals surface area (Å²) in [6, 6.07) is 11.5. The molecule has 0 spiro atoms. The van der Waals surface area contributed by atoms with E-state index >= 15 is 0 Å². The van der Waals surface area contributed by atoms with E-state index in [1.807, 2.05) is 23.6 Å². The van der Waals surface area contributed by atoms with Gasteiger partial charge in [0.25, 0.3) is 0 Å². The van der Waals surface area contributed by atoms with Crippen molar-refractivity contribution in [3.8, 4) is 27.8 Å². The number of benzene rings is 2. The second kappa shape index (κ2) is 7.88. The molecule has 0 atom stereocenters. The van der Waals surface area contributed by atoms with E-state index in [9.17, 15) is 9.90 Å². The van der Waals surface area contributed by atoms with Crippen molar-refractivity contribution in [2.24, 2.45) is 0 Å². The minimum Gasteiger partial charge on any atom is -0.508 e. The van der Waals surface area contributed by atoms with Crippen molar-refractivity contribution in [3.05, 3.63) is 59.1 Å². The molecule has 6 nitrogen and oxygen atoms in total. The number of methoxy groups -OCH3 is 2. The summed E-state index contributed by atoms with van der Waals surface area (Å²) in [7, 11) is 3.17.